The summed E-state index contributed by atoms with van der Waals surface area (Å²) in [6, 6.07) is 3.02. The maximum Gasteiger partial charge on any atom is 0.408 e. The van der Waals surface area contributed by atoms with Crippen LogP contribution in [-0.2, 0) is 28.7 Å². The number of nitrogens with one attached hydrogen (secondary N) is 3. The molecule has 3 aromatic rings. The van der Waals surface area contributed by atoms with Crippen molar-refractivity contribution in [2.75, 3.05) is 26.1 Å². The lowest BCUT2D eigenvalue weighted by Crippen LogP contribution is -2.56. The van der Waals surface area contributed by atoms with Gasteiger partial charge in [-0.1, -0.05) is 24.8 Å². The van der Waals surface area contributed by atoms with Crippen molar-refractivity contribution in [2.24, 2.45) is 5.92 Å². The molecule has 2 saturated carbocycles. The zero-order valence-corrected chi connectivity index (χ0v) is 34.3. The van der Waals surface area contributed by atoms with Crippen molar-refractivity contribution in [3.8, 4) is 22.9 Å². The van der Waals surface area contributed by atoms with Crippen molar-refractivity contribution < 1.29 is 42.9 Å². The molecule has 3 aliphatic rings. The Hall–Kier alpha value is -5.77. The van der Waals surface area contributed by atoms with Gasteiger partial charge in [0.2, 0.25) is 17.7 Å². The predicted octanol–water partition coefficient (Wildman–Crippen LogP) is 5.78. The maximum atomic E-state index is 14.5. The van der Waals surface area contributed by atoms with Crippen LogP contribution in [0.4, 0.5) is 9.93 Å². The number of fused-ring (bicyclic) bond motifs is 1. The van der Waals surface area contributed by atoms with Crippen molar-refractivity contribution in [3.05, 3.63) is 66.1 Å². The minimum atomic E-state index is -1.32. The number of hydrogen-bond acceptors (Lipinski definition) is 12. The molecule has 0 radical (unpaired) electrons. The Kier molecular flexibility index (Phi) is 12.5. The fourth-order valence-corrected chi connectivity index (χ4v) is 8.35. The van der Waals surface area contributed by atoms with E-state index in [9.17, 15) is 24.0 Å². The molecule has 1 saturated heterocycles. The van der Waals surface area contributed by atoms with E-state index < -0.39 is 47.6 Å². The molecule has 2 aliphatic carbocycles. The molecule has 3 fully saturated rings. The lowest BCUT2D eigenvalue weighted by molar-refractivity contribution is -0.148. The number of methoxy groups -OCH3 is 2. The molecule has 15 nitrogen and oxygen atoms in total. The molecule has 0 bridgehead atoms. The van der Waals surface area contributed by atoms with Crippen LogP contribution in [0.25, 0.3) is 22.3 Å². The van der Waals surface area contributed by atoms with E-state index in [1.165, 1.54) is 23.3 Å². The van der Waals surface area contributed by atoms with Crippen LogP contribution in [0.5, 0.6) is 11.5 Å². The van der Waals surface area contributed by atoms with Gasteiger partial charge in [0.1, 0.15) is 47.0 Å². The van der Waals surface area contributed by atoms with Crippen LogP contribution in [0, 0.1) is 12.8 Å². The summed E-state index contributed by atoms with van der Waals surface area (Å²) in [4.78, 5) is 78.0. The second-order valence-corrected chi connectivity index (χ2v) is 16.1. The molecule has 58 heavy (non-hydrogen) atoms. The van der Waals surface area contributed by atoms with E-state index in [2.05, 4.69) is 40.7 Å². The Balaban J connectivity index is 1.33. The van der Waals surface area contributed by atoms with Crippen molar-refractivity contribution in [3.63, 3.8) is 0 Å². The van der Waals surface area contributed by atoms with Gasteiger partial charge in [-0.05, 0) is 70.6 Å². The summed E-state index contributed by atoms with van der Waals surface area (Å²) in [5, 5.41) is 11.1. The Morgan fingerprint density at radius 2 is 1.79 bits per heavy atom. The van der Waals surface area contributed by atoms with Crippen LogP contribution in [0.2, 0.25) is 0 Å². The Bertz CT molecular complexity index is 2160. The molecule has 3 heterocycles. The summed E-state index contributed by atoms with van der Waals surface area (Å²) in [5.74, 6) is -1.39. The highest BCUT2D eigenvalue weighted by Gasteiger charge is 2.62. The summed E-state index contributed by atoms with van der Waals surface area (Å²) in [5.41, 5.74) is 1.99. The van der Waals surface area contributed by atoms with Crippen LogP contribution >= 0.6 is 11.3 Å². The van der Waals surface area contributed by atoms with E-state index in [1.807, 2.05) is 13.0 Å². The largest absolute Gasteiger partial charge is 0.496 e. The fourth-order valence-electron chi connectivity index (χ4n) is 7.63. The molecule has 0 unspecified atom stereocenters. The number of ether oxygens (including phenoxy) is 4. The minimum Gasteiger partial charge on any atom is -0.496 e. The summed E-state index contributed by atoms with van der Waals surface area (Å²) in [6.45, 7) is 16.8. The predicted molar refractivity (Wildman–Crippen MR) is 218 cm³/mol. The number of nitrogens with zero attached hydrogens (tertiary/aromatic N) is 3. The molecule has 0 spiro atoms. The van der Waals surface area contributed by atoms with Crippen molar-refractivity contribution in [2.45, 2.75) is 95.5 Å². The highest BCUT2D eigenvalue weighted by atomic mass is 32.1. The van der Waals surface area contributed by atoms with Gasteiger partial charge in [0.15, 0.2) is 5.13 Å². The van der Waals surface area contributed by atoms with E-state index in [0.29, 0.717) is 56.5 Å². The number of carbonyl (C=O) groups excluding carboxylic acids is 5. The number of likely N-dealkylation sites (tertiary alicyclic amines) is 1. The number of hydrogen-bond donors (Lipinski definition) is 3. The average molecular weight is 815 g/mol. The first-order chi connectivity index (χ1) is 27.7. The Morgan fingerprint density at radius 1 is 1.05 bits per heavy atom. The number of aryl methyl sites for hydroxylation is 1. The number of carbonyl (C=O) groups is 5. The van der Waals surface area contributed by atoms with Gasteiger partial charge < -0.3 is 39.8 Å². The molecule has 4 amide bonds. The fraction of sp³-hybridized carbons (Fsp3) is 0.452. The first kappa shape index (κ1) is 41.9. The Morgan fingerprint density at radius 3 is 2.43 bits per heavy atom. The quantitative estimate of drug-likeness (QED) is 0.125. The van der Waals surface area contributed by atoms with Gasteiger partial charge in [0, 0.05) is 41.2 Å². The first-order valence-corrected chi connectivity index (χ1v) is 20.1. The van der Waals surface area contributed by atoms with Crippen molar-refractivity contribution in [1.82, 2.24) is 25.5 Å². The standard InChI is InChI=1S/C42H50N6O9S/c1-9-25-19-42(25,39(52)55-8)47-37(50)31-17-27(20-48(31)38(51)35(23(4)5)46-41(53)57-26-12-10-11-13-26)56-33-18-29(43-36-24(6)32(54-7)15-14-28(33)36)30-21-58-40(44-30)45-34(49)16-22(2)3/h9,14-15,18,21,25-27,31,35H,1-2,4,10-13,16-17,19-20H2,3,5-8H3,(H,46,53)(H,47,50)(H,44,45,49)/t25-,27-,31+,35+,42-/m1/s1. The number of esters is 1. The van der Waals surface area contributed by atoms with Gasteiger partial charge in [0.05, 0.1) is 32.0 Å². The molecule has 16 heteroatoms. The highest BCUT2D eigenvalue weighted by molar-refractivity contribution is 7.14. The van der Waals surface area contributed by atoms with E-state index >= 15 is 0 Å². The third kappa shape index (κ3) is 8.86. The van der Waals surface area contributed by atoms with Crippen LogP contribution in [0.1, 0.15) is 64.4 Å². The van der Waals surface area contributed by atoms with E-state index in [-0.39, 0.29) is 37.3 Å². The maximum absolute atomic E-state index is 14.5. The average Bonchev–Trinajstić information content (AvgIpc) is 3.60. The van der Waals surface area contributed by atoms with E-state index in [0.717, 1.165) is 31.2 Å². The third-order valence-electron chi connectivity index (χ3n) is 10.8. The molecule has 6 rings (SSSR count). The number of rotatable bonds is 15. The normalized spacial score (nSPS) is 21.7. The molecule has 3 N–H and O–H groups in total. The second-order valence-electron chi connectivity index (χ2n) is 15.2. The summed E-state index contributed by atoms with van der Waals surface area (Å²) in [7, 11) is 2.81. The Labute approximate surface area is 341 Å². The van der Waals surface area contributed by atoms with Crippen LogP contribution in [-0.4, -0.2) is 95.2 Å². The lowest BCUT2D eigenvalue weighted by Gasteiger charge is -2.29. The van der Waals surface area contributed by atoms with Crippen LogP contribution in [0.15, 0.2) is 60.5 Å². The van der Waals surface area contributed by atoms with Gasteiger partial charge in [-0.3, -0.25) is 14.4 Å². The van der Waals surface area contributed by atoms with Gasteiger partial charge in [-0.2, -0.15) is 0 Å². The topological polar surface area (TPSA) is 187 Å². The molecule has 308 valence electrons. The van der Waals surface area contributed by atoms with E-state index in [4.69, 9.17) is 23.9 Å². The second kappa shape index (κ2) is 17.4. The number of pyridine rings is 1. The van der Waals surface area contributed by atoms with Crippen molar-refractivity contribution in [1.29, 1.82) is 0 Å². The highest BCUT2D eigenvalue weighted by Crippen LogP contribution is 2.46. The number of aromatic nitrogens is 2. The van der Waals surface area contributed by atoms with Gasteiger partial charge in [-0.15, -0.1) is 17.9 Å². The molecule has 5 atom stereocenters. The zero-order chi connectivity index (χ0) is 41.9. The van der Waals surface area contributed by atoms with Crippen LogP contribution in [0.3, 0.4) is 0 Å². The number of anilines is 1. The SMILES string of the molecule is C=C[C@@H]1C[C@]1(NC(=O)[C@@H]1C[C@@H](Oc2cc(-c3csc(NC(=O)CC(=C)C)n3)nc3c(C)c(OC)ccc23)CN1C(=O)[C@@H](NC(=O)OC1CCCC1)C(=C)C)C(=O)OC. The third-order valence-corrected chi connectivity index (χ3v) is 11.5. The number of amides is 4. The minimum absolute atomic E-state index is 0.0346. The van der Waals surface area contributed by atoms with Gasteiger partial charge in [0.25, 0.3) is 0 Å². The van der Waals surface area contributed by atoms with Gasteiger partial charge in [-0.25, -0.2) is 19.6 Å². The monoisotopic (exact) mass is 814 g/mol. The van der Waals surface area contributed by atoms with Crippen molar-refractivity contribution >= 4 is 57.2 Å². The summed E-state index contributed by atoms with van der Waals surface area (Å²) in [6.07, 6.45) is 3.73. The molecular formula is C42H50N6O9S. The zero-order valence-electron chi connectivity index (χ0n) is 33.5. The molecule has 1 aromatic carbocycles. The number of thiazole rings is 1. The van der Waals surface area contributed by atoms with Crippen LogP contribution < -0.4 is 25.4 Å². The molecular weight excluding hydrogens is 765 g/mol. The first-order valence-electron chi connectivity index (χ1n) is 19.2. The smallest absolute Gasteiger partial charge is 0.408 e. The van der Waals surface area contributed by atoms with E-state index in [1.54, 1.807) is 44.5 Å². The summed E-state index contributed by atoms with van der Waals surface area (Å²) < 4.78 is 23.0. The number of alkyl carbamates (subject to hydrolysis) is 1. The molecule has 1 aliphatic heterocycles. The van der Waals surface area contributed by atoms with Gasteiger partial charge >= 0.3 is 12.1 Å². The molecule has 2 aromatic heterocycles. The number of benzene rings is 1. The summed E-state index contributed by atoms with van der Waals surface area (Å²) >= 11 is 1.24. The lowest BCUT2D eigenvalue weighted by atomic mass is 10.1.